The third-order valence-electron chi connectivity index (χ3n) is 3.76. The van der Waals surface area contributed by atoms with Gasteiger partial charge in [0, 0.05) is 5.92 Å². The third-order valence-corrected chi connectivity index (χ3v) is 3.76. The maximum Gasteiger partial charge on any atom is 0.0879 e. The van der Waals surface area contributed by atoms with Gasteiger partial charge in [-0.1, -0.05) is 32.1 Å². The number of hydrogen-bond acceptors (Lipinski definition) is 2. The van der Waals surface area contributed by atoms with Crippen LogP contribution in [0.15, 0.2) is 24.0 Å². The van der Waals surface area contributed by atoms with Gasteiger partial charge in [0.15, 0.2) is 0 Å². The van der Waals surface area contributed by atoms with Crippen LogP contribution in [0.2, 0.25) is 0 Å². The summed E-state index contributed by atoms with van der Waals surface area (Å²) in [7, 11) is 0. The van der Waals surface area contributed by atoms with Crippen molar-refractivity contribution in [1.82, 2.24) is 0 Å². The van der Waals surface area contributed by atoms with Crippen molar-refractivity contribution >= 4 is 0 Å². The average molecular weight is 268 g/mol. The second-order valence-electron chi connectivity index (χ2n) is 6.09. The van der Waals surface area contributed by atoms with Gasteiger partial charge in [-0.05, 0) is 58.8 Å². The topological polar surface area (TPSA) is 40.5 Å². The van der Waals surface area contributed by atoms with Crippen molar-refractivity contribution in [3.63, 3.8) is 0 Å². The SMILES string of the molecule is C=C(O)C(C)CCCC(C)(O)CCC/C(C)=C/CC. The van der Waals surface area contributed by atoms with E-state index in [2.05, 4.69) is 26.5 Å². The van der Waals surface area contributed by atoms with Crippen molar-refractivity contribution in [2.75, 3.05) is 0 Å². The Labute approximate surface area is 119 Å². The van der Waals surface area contributed by atoms with E-state index in [4.69, 9.17) is 0 Å². The van der Waals surface area contributed by atoms with E-state index < -0.39 is 5.60 Å². The molecular formula is C17H32O2. The summed E-state index contributed by atoms with van der Waals surface area (Å²) in [5.74, 6) is 0.380. The number of aliphatic hydroxyl groups excluding tert-OH is 1. The summed E-state index contributed by atoms with van der Waals surface area (Å²) < 4.78 is 0. The van der Waals surface area contributed by atoms with Crippen LogP contribution in [0.4, 0.5) is 0 Å². The molecular weight excluding hydrogens is 236 g/mol. The number of allylic oxidation sites excluding steroid dienone is 3. The molecule has 0 amide bonds. The minimum atomic E-state index is -0.580. The lowest BCUT2D eigenvalue weighted by Gasteiger charge is -2.24. The third kappa shape index (κ3) is 9.77. The highest BCUT2D eigenvalue weighted by molar-refractivity contribution is 4.97. The van der Waals surface area contributed by atoms with Crippen molar-refractivity contribution in [2.45, 2.75) is 78.2 Å². The molecule has 0 fully saturated rings. The Bertz CT molecular complexity index is 290. The summed E-state index contributed by atoms with van der Waals surface area (Å²) in [5.41, 5.74) is 0.840. The summed E-state index contributed by atoms with van der Waals surface area (Å²) in [6.45, 7) is 11.7. The molecule has 2 N–H and O–H groups in total. The molecule has 0 spiro atoms. The molecule has 2 unspecified atom stereocenters. The fraction of sp³-hybridized carbons (Fsp3) is 0.765. The molecule has 0 aromatic carbocycles. The van der Waals surface area contributed by atoms with E-state index >= 15 is 0 Å². The Hall–Kier alpha value is -0.760. The van der Waals surface area contributed by atoms with E-state index in [1.807, 2.05) is 13.8 Å². The van der Waals surface area contributed by atoms with E-state index in [-0.39, 0.29) is 11.7 Å². The van der Waals surface area contributed by atoms with Crippen LogP contribution in [0.1, 0.15) is 72.6 Å². The maximum atomic E-state index is 10.3. The molecule has 0 aliphatic heterocycles. The van der Waals surface area contributed by atoms with Gasteiger partial charge in [0.1, 0.15) is 0 Å². The Morgan fingerprint density at radius 1 is 1.32 bits per heavy atom. The molecule has 0 aromatic rings. The van der Waals surface area contributed by atoms with Gasteiger partial charge in [-0.2, -0.15) is 0 Å². The molecule has 0 aliphatic rings. The fourth-order valence-electron chi connectivity index (χ4n) is 2.28. The second-order valence-corrected chi connectivity index (χ2v) is 6.09. The van der Waals surface area contributed by atoms with Crippen molar-refractivity contribution in [3.05, 3.63) is 24.0 Å². The standard InChI is InChI=1S/C17H32O2/c1-6-9-14(2)10-7-12-17(5,19)13-8-11-15(3)16(4)18/h9,15,18-19H,4,6-8,10-13H2,1-3,5H3/b14-9+. The quantitative estimate of drug-likeness (QED) is 0.425. The largest absolute Gasteiger partial charge is 0.513 e. The van der Waals surface area contributed by atoms with Crippen molar-refractivity contribution in [1.29, 1.82) is 0 Å². The minimum absolute atomic E-state index is 0.130. The zero-order chi connectivity index (χ0) is 14.9. The van der Waals surface area contributed by atoms with E-state index in [1.54, 1.807) is 0 Å². The van der Waals surface area contributed by atoms with Gasteiger partial charge in [-0.3, -0.25) is 0 Å². The Balaban J connectivity index is 3.86. The van der Waals surface area contributed by atoms with Crippen LogP contribution in [0.25, 0.3) is 0 Å². The summed E-state index contributed by atoms with van der Waals surface area (Å²) in [6, 6.07) is 0. The lowest BCUT2D eigenvalue weighted by atomic mass is 9.90. The smallest absolute Gasteiger partial charge is 0.0879 e. The van der Waals surface area contributed by atoms with Gasteiger partial charge in [-0.15, -0.1) is 0 Å². The molecule has 0 radical (unpaired) electrons. The first-order valence-corrected chi connectivity index (χ1v) is 7.54. The summed E-state index contributed by atoms with van der Waals surface area (Å²) in [5, 5.41) is 19.5. The molecule has 2 nitrogen and oxygen atoms in total. The second kappa shape index (κ2) is 9.19. The molecule has 0 rings (SSSR count). The van der Waals surface area contributed by atoms with E-state index in [0.717, 1.165) is 44.9 Å². The summed E-state index contributed by atoms with van der Waals surface area (Å²) in [6.07, 6.45) is 8.91. The summed E-state index contributed by atoms with van der Waals surface area (Å²) >= 11 is 0. The Kier molecular flexibility index (Phi) is 8.82. The minimum Gasteiger partial charge on any atom is -0.513 e. The highest BCUT2D eigenvalue weighted by Gasteiger charge is 2.19. The first-order valence-electron chi connectivity index (χ1n) is 7.54. The Morgan fingerprint density at radius 2 is 1.89 bits per heavy atom. The van der Waals surface area contributed by atoms with Crippen LogP contribution >= 0.6 is 0 Å². The molecule has 112 valence electrons. The van der Waals surface area contributed by atoms with Crippen LogP contribution in [0.5, 0.6) is 0 Å². The van der Waals surface area contributed by atoms with Gasteiger partial charge in [0.05, 0.1) is 11.4 Å². The number of hydrogen-bond donors (Lipinski definition) is 2. The van der Waals surface area contributed by atoms with Crippen molar-refractivity contribution < 1.29 is 10.2 Å². The molecule has 0 heterocycles. The van der Waals surface area contributed by atoms with Crippen LogP contribution in [0.3, 0.4) is 0 Å². The van der Waals surface area contributed by atoms with Gasteiger partial charge < -0.3 is 10.2 Å². The predicted molar refractivity (Wildman–Crippen MR) is 83.3 cm³/mol. The van der Waals surface area contributed by atoms with Crippen LogP contribution in [0, 0.1) is 5.92 Å². The van der Waals surface area contributed by atoms with E-state index in [9.17, 15) is 10.2 Å². The molecule has 0 saturated carbocycles. The normalized spacial score (nSPS) is 17.0. The zero-order valence-electron chi connectivity index (χ0n) is 13.2. The van der Waals surface area contributed by atoms with Crippen LogP contribution < -0.4 is 0 Å². The first-order chi connectivity index (χ1) is 8.78. The van der Waals surface area contributed by atoms with Gasteiger partial charge in [0.25, 0.3) is 0 Å². The molecule has 0 saturated heterocycles. The average Bonchev–Trinajstić information content (AvgIpc) is 2.28. The molecule has 0 bridgehead atoms. The molecule has 0 aliphatic carbocycles. The van der Waals surface area contributed by atoms with Gasteiger partial charge >= 0.3 is 0 Å². The predicted octanol–water partition coefficient (Wildman–Crippen LogP) is 5.14. The van der Waals surface area contributed by atoms with Crippen LogP contribution in [-0.2, 0) is 0 Å². The van der Waals surface area contributed by atoms with Crippen molar-refractivity contribution in [3.8, 4) is 0 Å². The molecule has 2 atom stereocenters. The van der Waals surface area contributed by atoms with Gasteiger partial charge in [0.2, 0.25) is 0 Å². The summed E-state index contributed by atoms with van der Waals surface area (Å²) in [4.78, 5) is 0. The first kappa shape index (κ1) is 18.2. The lowest BCUT2D eigenvalue weighted by Crippen LogP contribution is -2.24. The number of rotatable bonds is 10. The highest BCUT2D eigenvalue weighted by atomic mass is 16.3. The molecule has 2 heteroatoms. The van der Waals surface area contributed by atoms with E-state index in [0.29, 0.717) is 0 Å². The van der Waals surface area contributed by atoms with Crippen LogP contribution in [-0.4, -0.2) is 15.8 Å². The van der Waals surface area contributed by atoms with Gasteiger partial charge in [-0.25, -0.2) is 0 Å². The lowest BCUT2D eigenvalue weighted by molar-refractivity contribution is 0.0365. The Morgan fingerprint density at radius 3 is 2.42 bits per heavy atom. The van der Waals surface area contributed by atoms with E-state index in [1.165, 1.54) is 5.57 Å². The zero-order valence-corrected chi connectivity index (χ0v) is 13.2. The monoisotopic (exact) mass is 268 g/mol. The molecule has 19 heavy (non-hydrogen) atoms. The molecule has 0 aromatic heterocycles. The highest BCUT2D eigenvalue weighted by Crippen LogP contribution is 2.24. The maximum absolute atomic E-state index is 10.3. The van der Waals surface area contributed by atoms with Crippen molar-refractivity contribution in [2.24, 2.45) is 5.92 Å². The number of aliphatic hydroxyl groups is 2. The fourth-order valence-corrected chi connectivity index (χ4v) is 2.28.